The molecule has 0 amide bonds. The van der Waals surface area contributed by atoms with E-state index in [1.165, 1.54) is 12.1 Å². The summed E-state index contributed by atoms with van der Waals surface area (Å²) in [5.41, 5.74) is 0.499. The molecule has 0 fully saturated rings. The molecule has 0 saturated heterocycles. The molecule has 0 radical (unpaired) electrons. The Hall–Kier alpha value is -2.44. The van der Waals surface area contributed by atoms with Gasteiger partial charge in [0.25, 0.3) is 5.69 Å². The van der Waals surface area contributed by atoms with Crippen LogP contribution in [0.25, 0.3) is 0 Å². The molecule has 1 aromatic rings. The van der Waals surface area contributed by atoms with Crippen molar-refractivity contribution in [2.75, 3.05) is 0 Å². The Morgan fingerprint density at radius 2 is 1.88 bits per heavy atom. The number of nitro benzene ring substituents is 1. The highest BCUT2D eigenvalue weighted by molar-refractivity contribution is 5.72. The van der Waals surface area contributed by atoms with Crippen LogP contribution < -0.4 is 0 Å². The van der Waals surface area contributed by atoms with Gasteiger partial charge in [-0.15, -0.1) is 0 Å². The van der Waals surface area contributed by atoms with Crippen molar-refractivity contribution in [3.05, 3.63) is 39.9 Å². The third kappa shape index (κ3) is 8.09. The summed E-state index contributed by atoms with van der Waals surface area (Å²) in [5.74, 6) is -0.485. The van der Waals surface area contributed by atoms with E-state index in [2.05, 4.69) is 0 Å². The van der Waals surface area contributed by atoms with Crippen LogP contribution in [-0.2, 0) is 25.7 Å². The summed E-state index contributed by atoms with van der Waals surface area (Å²) >= 11 is 0. The minimum Gasteiger partial charge on any atom is -0.462 e. The normalized spacial score (nSPS) is 11.8. The molecule has 7 nitrogen and oxygen atoms in total. The van der Waals surface area contributed by atoms with E-state index in [1.807, 2.05) is 20.8 Å². The Morgan fingerprint density at radius 3 is 2.50 bits per heavy atom. The first-order valence-corrected chi connectivity index (χ1v) is 8.92. The van der Waals surface area contributed by atoms with E-state index in [0.717, 1.165) is 12.8 Å². The van der Waals surface area contributed by atoms with Crippen molar-refractivity contribution in [2.45, 2.75) is 65.6 Å². The first-order chi connectivity index (χ1) is 12.3. The van der Waals surface area contributed by atoms with Crippen LogP contribution in [0.15, 0.2) is 24.3 Å². The predicted molar refractivity (Wildman–Crippen MR) is 96.4 cm³/mol. The van der Waals surface area contributed by atoms with E-state index in [4.69, 9.17) is 9.47 Å². The van der Waals surface area contributed by atoms with Gasteiger partial charge in [0.05, 0.1) is 4.92 Å². The van der Waals surface area contributed by atoms with Crippen molar-refractivity contribution in [1.29, 1.82) is 0 Å². The van der Waals surface area contributed by atoms with Gasteiger partial charge in [0.1, 0.15) is 12.7 Å². The number of carbonyl (C=O) groups excluding carboxylic acids is 2. The van der Waals surface area contributed by atoms with Gasteiger partial charge in [0.15, 0.2) is 0 Å². The SMILES string of the molecule is CCCC(OC(=O)CCCC(=O)OCc1cccc([N+](=O)[O-])c1)C(C)C. The van der Waals surface area contributed by atoms with Crippen LogP contribution >= 0.6 is 0 Å². The molecule has 144 valence electrons. The van der Waals surface area contributed by atoms with Crippen molar-refractivity contribution in [3.8, 4) is 0 Å². The quantitative estimate of drug-likeness (QED) is 0.332. The molecule has 0 aliphatic carbocycles. The maximum Gasteiger partial charge on any atom is 0.306 e. The van der Waals surface area contributed by atoms with Crippen LogP contribution in [0, 0.1) is 16.0 Å². The first kappa shape index (κ1) is 21.6. The number of non-ortho nitro benzene ring substituents is 1. The van der Waals surface area contributed by atoms with Crippen LogP contribution in [0.3, 0.4) is 0 Å². The lowest BCUT2D eigenvalue weighted by atomic mass is 10.0. The minimum atomic E-state index is -0.500. The molecule has 0 spiro atoms. The second kappa shape index (κ2) is 11.2. The van der Waals surface area contributed by atoms with Crippen LogP contribution in [-0.4, -0.2) is 23.0 Å². The van der Waals surface area contributed by atoms with Crippen molar-refractivity contribution in [1.82, 2.24) is 0 Å². The standard InChI is InChI=1S/C19H27NO6/c1-4-7-17(14(2)3)26-19(22)11-6-10-18(21)25-13-15-8-5-9-16(12-15)20(23)24/h5,8-9,12,14,17H,4,6-7,10-11,13H2,1-3H3. The third-order valence-corrected chi connectivity index (χ3v) is 3.88. The van der Waals surface area contributed by atoms with Crippen LogP contribution in [0.2, 0.25) is 0 Å². The van der Waals surface area contributed by atoms with Gasteiger partial charge in [-0.25, -0.2) is 0 Å². The first-order valence-electron chi connectivity index (χ1n) is 8.92. The number of nitro groups is 1. The largest absolute Gasteiger partial charge is 0.462 e. The van der Waals surface area contributed by atoms with Gasteiger partial charge in [-0.3, -0.25) is 19.7 Å². The zero-order chi connectivity index (χ0) is 19.5. The number of benzene rings is 1. The highest BCUT2D eigenvalue weighted by atomic mass is 16.6. The summed E-state index contributed by atoms with van der Waals surface area (Å²) in [6.45, 7) is 6.04. The zero-order valence-electron chi connectivity index (χ0n) is 15.6. The fourth-order valence-electron chi connectivity index (χ4n) is 2.41. The molecular formula is C19H27NO6. The topological polar surface area (TPSA) is 95.7 Å². The summed E-state index contributed by atoms with van der Waals surface area (Å²) in [6, 6.07) is 5.93. The number of ether oxygens (including phenoxy) is 2. The molecule has 0 saturated carbocycles. The summed E-state index contributed by atoms with van der Waals surface area (Å²) in [7, 11) is 0. The average molecular weight is 365 g/mol. The number of carbonyl (C=O) groups is 2. The highest BCUT2D eigenvalue weighted by Crippen LogP contribution is 2.16. The molecule has 0 aromatic heterocycles. The summed E-state index contributed by atoms with van der Waals surface area (Å²) < 4.78 is 10.5. The summed E-state index contributed by atoms with van der Waals surface area (Å²) in [4.78, 5) is 33.8. The predicted octanol–water partition coefficient (Wildman–Crippen LogP) is 4.18. The maximum atomic E-state index is 11.9. The number of nitrogens with zero attached hydrogens (tertiary/aromatic N) is 1. The Labute approximate surface area is 153 Å². The van der Waals surface area contributed by atoms with E-state index in [9.17, 15) is 19.7 Å². The summed E-state index contributed by atoms with van der Waals surface area (Å²) in [5, 5.41) is 10.7. The molecule has 0 aliphatic rings. The second-order valence-electron chi connectivity index (χ2n) is 6.50. The van der Waals surface area contributed by atoms with E-state index < -0.39 is 10.9 Å². The molecule has 1 atom stereocenters. The Morgan fingerprint density at radius 1 is 1.19 bits per heavy atom. The summed E-state index contributed by atoms with van der Waals surface area (Å²) in [6.07, 6.45) is 2.30. The molecule has 0 heterocycles. The van der Waals surface area contributed by atoms with Gasteiger partial charge in [-0.1, -0.05) is 39.3 Å². The van der Waals surface area contributed by atoms with E-state index in [0.29, 0.717) is 12.0 Å². The third-order valence-electron chi connectivity index (χ3n) is 3.88. The van der Waals surface area contributed by atoms with E-state index in [1.54, 1.807) is 12.1 Å². The van der Waals surface area contributed by atoms with Gasteiger partial charge >= 0.3 is 11.9 Å². The van der Waals surface area contributed by atoms with Gasteiger partial charge in [0.2, 0.25) is 0 Å². The van der Waals surface area contributed by atoms with Crippen LogP contribution in [0.4, 0.5) is 5.69 Å². The van der Waals surface area contributed by atoms with Crippen molar-refractivity contribution in [3.63, 3.8) is 0 Å². The number of esters is 2. The lowest BCUT2D eigenvalue weighted by Crippen LogP contribution is -2.23. The number of hydrogen-bond acceptors (Lipinski definition) is 6. The molecule has 1 unspecified atom stereocenters. The smallest absolute Gasteiger partial charge is 0.306 e. The van der Waals surface area contributed by atoms with Crippen LogP contribution in [0.5, 0.6) is 0 Å². The molecule has 1 aromatic carbocycles. The molecular weight excluding hydrogens is 338 g/mol. The number of rotatable bonds is 11. The molecule has 0 bridgehead atoms. The highest BCUT2D eigenvalue weighted by Gasteiger charge is 2.17. The monoisotopic (exact) mass is 365 g/mol. The Balaban J connectivity index is 2.31. The van der Waals surface area contributed by atoms with Gasteiger partial charge in [-0.2, -0.15) is 0 Å². The van der Waals surface area contributed by atoms with Gasteiger partial charge in [0, 0.05) is 25.0 Å². The molecule has 0 N–H and O–H groups in total. The van der Waals surface area contributed by atoms with Crippen molar-refractivity contribution < 1.29 is 24.0 Å². The molecule has 1 rings (SSSR count). The van der Waals surface area contributed by atoms with Crippen molar-refractivity contribution in [2.24, 2.45) is 5.92 Å². The van der Waals surface area contributed by atoms with Crippen molar-refractivity contribution >= 4 is 17.6 Å². The maximum absolute atomic E-state index is 11.9. The van der Waals surface area contributed by atoms with Gasteiger partial charge in [-0.05, 0) is 24.3 Å². The fraction of sp³-hybridized carbons (Fsp3) is 0.579. The number of hydrogen-bond donors (Lipinski definition) is 0. The minimum absolute atomic E-state index is 0.0309. The average Bonchev–Trinajstić information content (AvgIpc) is 2.59. The zero-order valence-corrected chi connectivity index (χ0v) is 15.6. The molecule has 7 heteroatoms. The van der Waals surface area contributed by atoms with Gasteiger partial charge < -0.3 is 9.47 Å². The lowest BCUT2D eigenvalue weighted by Gasteiger charge is -2.20. The van der Waals surface area contributed by atoms with E-state index in [-0.39, 0.29) is 43.1 Å². The molecule has 0 aliphatic heterocycles. The second-order valence-corrected chi connectivity index (χ2v) is 6.50. The Kier molecular flexibility index (Phi) is 9.33. The van der Waals surface area contributed by atoms with Crippen LogP contribution in [0.1, 0.15) is 58.4 Å². The fourth-order valence-corrected chi connectivity index (χ4v) is 2.41. The van der Waals surface area contributed by atoms with E-state index >= 15 is 0 Å². The lowest BCUT2D eigenvalue weighted by molar-refractivity contribution is -0.384. The Bertz CT molecular complexity index is 614. The molecule has 26 heavy (non-hydrogen) atoms.